The molecule has 0 aliphatic carbocycles. The summed E-state index contributed by atoms with van der Waals surface area (Å²) in [4.78, 5) is 19.4. The second kappa shape index (κ2) is 7.46. The smallest absolute Gasteiger partial charge is 0.239 e. The number of carbonyl (C=O) groups is 1. The molecule has 1 amide bonds. The van der Waals surface area contributed by atoms with Gasteiger partial charge < -0.3 is 19.5 Å². The second-order valence-electron chi connectivity index (χ2n) is 8.33. The number of ether oxygens (including phenoxy) is 1. The number of fused-ring (bicyclic) bond motifs is 1. The highest BCUT2D eigenvalue weighted by Gasteiger charge is 2.28. The molecule has 0 unspecified atom stereocenters. The van der Waals surface area contributed by atoms with Crippen LogP contribution in [0.3, 0.4) is 0 Å². The van der Waals surface area contributed by atoms with Crippen molar-refractivity contribution >= 4 is 5.91 Å². The van der Waals surface area contributed by atoms with Crippen molar-refractivity contribution in [1.82, 2.24) is 19.8 Å². The van der Waals surface area contributed by atoms with E-state index in [4.69, 9.17) is 9.72 Å². The van der Waals surface area contributed by atoms with Crippen LogP contribution in [0.25, 0.3) is 0 Å². The number of hydrogen-bond acceptors (Lipinski definition) is 4. The molecule has 0 spiro atoms. The molecule has 1 N–H and O–H groups in total. The minimum Gasteiger partial charge on any atom is -0.378 e. The highest BCUT2D eigenvalue weighted by molar-refractivity contribution is 5.81. The van der Waals surface area contributed by atoms with Crippen LogP contribution >= 0.6 is 0 Å². The van der Waals surface area contributed by atoms with E-state index < -0.39 is 0 Å². The maximum absolute atomic E-state index is 12.5. The molecule has 1 aromatic rings. The molecule has 0 aromatic carbocycles. The fourth-order valence-corrected chi connectivity index (χ4v) is 3.59. The first-order valence-corrected chi connectivity index (χ1v) is 9.53. The Balaban J connectivity index is 1.60. The van der Waals surface area contributed by atoms with E-state index in [0.717, 1.165) is 25.2 Å². The van der Waals surface area contributed by atoms with Gasteiger partial charge in [-0.3, -0.25) is 4.79 Å². The summed E-state index contributed by atoms with van der Waals surface area (Å²) in [6.45, 7) is 13.1. The lowest BCUT2D eigenvalue weighted by Gasteiger charge is -2.30. The quantitative estimate of drug-likeness (QED) is 0.903. The first-order chi connectivity index (χ1) is 11.9. The summed E-state index contributed by atoms with van der Waals surface area (Å²) in [5, 5.41) is 3.45. The molecule has 140 valence electrons. The molecule has 1 saturated heterocycles. The maximum atomic E-state index is 12.5. The Morgan fingerprint density at radius 3 is 2.76 bits per heavy atom. The van der Waals surface area contributed by atoms with Crippen molar-refractivity contribution in [3.63, 3.8) is 0 Å². The summed E-state index contributed by atoms with van der Waals surface area (Å²) >= 11 is 0. The molecule has 1 fully saturated rings. The third-order valence-corrected chi connectivity index (χ3v) is 5.26. The number of rotatable bonds is 4. The van der Waals surface area contributed by atoms with Gasteiger partial charge in [-0.25, -0.2) is 4.98 Å². The van der Waals surface area contributed by atoms with E-state index in [-0.39, 0.29) is 17.4 Å². The number of imidazole rings is 1. The van der Waals surface area contributed by atoms with Crippen molar-refractivity contribution in [2.24, 2.45) is 0 Å². The van der Waals surface area contributed by atoms with E-state index in [9.17, 15) is 4.79 Å². The average Bonchev–Trinajstić information content (AvgIpc) is 3.05. The number of carbonyl (C=O) groups excluding carboxylic acids is 1. The molecule has 1 aromatic heterocycles. The molecular weight excluding hydrogens is 316 g/mol. The molecule has 0 radical (unpaired) electrons. The lowest BCUT2D eigenvalue weighted by Crippen LogP contribution is -2.50. The van der Waals surface area contributed by atoms with Gasteiger partial charge in [-0.05, 0) is 19.8 Å². The zero-order valence-corrected chi connectivity index (χ0v) is 16.0. The van der Waals surface area contributed by atoms with Gasteiger partial charge in [0.25, 0.3) is 0 Å². The van der Waals surface area contributed by atoms with Gasteiger partial charge in [0, 0.05) is 43.7 Å². The van der Waals surface area contributed by atoms with E-state index in [2.05, 4.69) is 36.9 Å². The van der Waals surface area contributed by atoms with Crippen LogP contribution in [0.2, 0.25) is 0 Å². The Morgan fingerprint density at radius 1 is 1.36 bits per heavy atom. The summed E-state index contributed by atoms with van der Waals surface area (Å²) in [5.41, 5.74) is 1.23. The predicted molar refractivity (Wildman–Crippen MR) is 97.8 cm³/mol. The number of aromatic nitrogens is 2. The van der Waals surface area contributed by atoms with Gasteiger partial charge in [-0.1, -0.05) is 20.8 Å². The van der Waals surface area contributed by atoms with Gasteiger partial charge >= 0.3 is 0 Å². The van der Waals surface area contributed by atoms with Crippen molar-refractivity contribution in [3.05, 3.63) is 17.7 Å². The minimum absolute atomic E-state index is 0.0713. The van der Waals surface area contributed by atoms with E-state index in [1.54, 1.807) is 0 Å². The van der Waals surface area contributed by atoms with E-state index in [0.29, 0.717) is 32.2 Å². The number of amides is 1. The second-order valence-corrected chi connectivity index (χ2v) is 8.33. The number of nitrogens with one attached hydrogen (secondary N) is 1. The fraction of sp³-hybridized carbons (Fsp3) is 0.789. The zero-order valence-electron chi connectivity index (χ0n) is 16.0. The SMILES string of the molecule is C[C@H](NC[C@H]1CCCn2cc(C(C)(C)C)nc21)C(=O)N1CCOCC1. The van der Waals surface area contributed by atoms with Crippen LogP contribution < -0.4 is 5.32 Å². The lowest BCUT2D eigenvalue weighted by atomic mass is 9.93. The van der Waals surface area contributed by atoms with Crippen LogP contribution in [0, 0.1) is 0 Å². The summed E-state index contributed by atoms with van der Waals surface area (Å²) in [6.07, 6.45) is 4.51. The predicted octanol–water partition coefficient (Wildman–Crippen LogP) is 1.89. The van der Waals surface area contributed by atoms with Gasteiger partial charge in [0.15, 0.2) is 0 Å². The van der Waals surface area contributed by atoms with Crippen LogP contribution in [0.5, 0.6) is 0 Å². The molecule has 2 aliphatic heterocycles. The third-order valence-electron chi connectivity index (χ3n) is 5.26. The maximum Gasteiger partial charge on any atom is 0.239 e. The summed E-state index contributed by atoms with van der Waals surface area (Å²) in [6, 6.07) is -0.162. The Bertz CT molecular complexity index is 599. The Hall–Kier alpha value is -1.40. The van der Waals surface area contributed by atoms with E-state index in [1.165, 1.54) is 12.2 Å². The molecular formula is C19H32N4O2. The molecule has 6 heteroatoms. The minimum atomic E-state index is -0.162. The number of aryl methyl sites for hydroxylation is 1. The van der Waals surface area contributed by atoms with Crippen LogP contribution in [0.15, 0.2) is 6.20 Å². The van der Waals surface area contributed by atoms with Gasteiger partial charge in [-0.15, -0.1) is 0 Å². The topological polar surface area (TPSA) is 59.4 Å². The first kappa shape index (κ1) is 18.4. The van der Waals surface area contributed by atoms with Crippen molar-refractivity contribution in [2.75, 3.05) is 32.8 Å². The van der Waals surface area contributed by atoms with Gasteiger partial charge in [0.1, 0.15) is 5.82 Å². The van der Waals surface area contributed by atoms with Crippen LogP contribution in [-0.2, 0) is 21.5 Å². The molecule has 3 heterocycles. The van der Waals surface area contributed by atoms with Gasteiger partial charge in [-0.2, -0.15) is 0 Å². The monoisotopic (exact) mass is 348 g/mol. The van der Waals surface area contributed by atoms with Crippen molar-refractivity contribution < 1.29 is 9.53 Å². The molecule has 6 nitrogen and oxygen atoms in total. The molecule has 0 saturated carbocycles. The first-order valence-electron chi connectivity index (χ1n) is 9.53. The molecule has 0 bridgehead atoms. The van der Waals surface area contributed by atoms with Gasteiger partial charge in [0.05, 0.1) is 24.9 Å². The molecule has 2 aliphatic rings. The number of morpholine rings is 1. The largest absolute Gasteiger partial charge is 0.378 e. The van der Waals surface area contributed by atoms with E-state index >= 15 is 0 Å². The third kappa shape index (κ3) is 4.23. The Labute approximate surface area is 150 Å². The fourth-order valence-electron chi connectivity index (χ4n) is 3.59. The standard InChI is InChI=1S/C19H32N4O2/c1-14(18(24)22-8-10-25-11-9-22)20-12-15-6-5-7-23-13-16(19(2,3)4)21-17(15)23/h13-15,20H,5-12H2,1-4H3/t14-,15+/m0/s1. The normalized spacial score (nSPS) is 22.6. The van der Waals surface area contributed by atoms with Gasteiger partial charge in [0.2, 0.25) is 5.91 Å². The highest BCUT2D eigenvalue weighted by Crippen LogP contribution is 2.30. The van der Waals surface area contributed by atoms with E-state index in [1.807, 2.05) is 11.8 Å². The summed E-state index contributed by atoms with van der Waals surface area (Å²) in [5.74, 6) is 1.73. The van der Waals surface area contributed by atoms with Crippen LogP contribution in [0.1, 0.15) is 58.0 Å². The average molecular weight is 348 g/mol. The zero-order chi connectivity index (χ0) is 18.0. The molecule has 2 atom stereocenters. The van der Waals surface area contributed by atoms with Crippen LogP contribution in [0.4, 0.5) is 0 Å². The Morgan fingerprint density at radius 2 is 2.08 bits per heavy atom. The molecule has 25 heavy (non-hydrogen) atoms. The number of hydrogen-bond donors (Lipinski definition) is 1. The number of nitrogens with zero attached hydrogens (tertiary/aromatic N) is 3. The van der Waals surface area contributed by atoms with Crippen molar-refractivity contribution in [1.29, 1.82) is 0 Å². The highest BCUT2D eigenvalue weighted by atomic mass is 16.5. The Kier molecular flexibility index (Phi) is 5.49. The molecule has 3 rings (SSSR count). The van der Waals surface area contributed by atoms with Crippen molar-refractivity contribution in [3.8, 4) is 0 Å². The summed E-state index contributed by atoms with van der Waals surface area (Å²) < 4.78 is 7.64. The lowest BCUT2D eigenvalue weighted by molar-refractivity contribution is -0.137. The summed E-state index contributed by atoms with van der Waals surface area (Å²) in [7, 11) is 0. The van der Waals surface area contributed by atoms with Crippen LogP contribution in [-0.4, -0.2) is 59.2 Å². The van der Waals surface area contributed by atoms with Crippen molar-refractivity contribution in [2.45, 2.75) is 64.5 Å².